The second kappa shape index (κ2) is 6.89. The monoisotopic (exact) mass is 334 g/mol. The van der Waals surface area contributed by atoms with Crippen molar-refractivity contribution in [3.63, 3.8) is 0 Å². The molecule has 0 unspecified atom stereocenters. The Hall–Kier alpha value is -1.95. The summed E-state index contributed by atoms with van der Waals surface area (Å²) in [6.07, 6.45) is 3.52. The zero-order chi connectivity index (χ0) is 17.2. The average molecular weight is 334 g/mol. The highest BCUT2D eigenvalue weighted by molar-refractivity contribution is 5.94. The minimum Gasteiger partial charge on any atom is -0.389 e. The van der Waals surface area contributed by atoms with Gasteiger partial charge in [-0.15, -0.1) is 0 Å². The maximum absolute atomic E-state index is 12.9. The van der Waals surface area contributed by atoms with E-state index >= 15 is 0 Å². The summed E-state index contributed by atoms with van der Waals surface area (Å²) < 4.78 is 12.9. The van der Waals surface area contributed by atoms with Gasteiger partial charge in [0.15, 0.2) is 0 Å². The number of halogens is 1. The molecule has 0 spiro atoms. The van der Waals surface area contributed by atoms with Gasteiger partial charge in [-0.1, -0.05) is 12.8 Å². The Morgan fingerprint density at radius 2 is 1.54 bits per heavy atom. The van der Waals surface area contributed by atoms with Gasteiger partial charge in [0.1, 0.15) is 5.82 Å². The van der Waals surface area contributed by atoms with Gasteiger partial charge in [0, 0.05) is 31.7 Å². The third kappa shape index (κ3) is 3.75. The van der Waals surface area contributed by atoms with Crippen LogP contribution in [0.25, 0.3) is 0 Å². The lowest BCUT2D eigenvalue weighted by atomic mass is 9.97. The van der Waals surface area contributed by atoms with E-state index in [2.05, 4.69) is 0 Å². The first kappa shape index (κ1) is 16.9. The van der Waals surface area contributed by atoms with E-state index in [1.54, 1.807) is 9.80 Å². The molecule has 1 saturated carbocycles. The quantitative estimate of drug-likeness (QED) is 0.917. The Morgan fingerprint density at radius 3 is 2.12 bits per heavy atom. The maximum Gasteiger partial charge on any atom is 0.253 e. The summed E-state index contributed by atoms with van der Waals surface area (Å²) in [6, 6.07) is 5.50. The third-order valence-corrected chi connectivity index (χ3v) is 5.03. The fraction of sp³-hybridized carbons (Fsp3) is 0.556. The summed E-state index contributed by atoms with van der Waals surface area (Å²) in [5, 5.41) is 10.4. The van der Waals surface area contributed by atoms with Crippen molar-refractivity contribution in [3.8, 4) is 0 Å². The highest BCUT2D eigenvalue weighted by Gasteiger charge is 2.35. The van der Waals surface area contributed by atoms with Crippen LogP contribution in [0.1, 0.15) is 42.5 Å². The molecular weight excluding hydrogens is 311 g/mol. The Kier molecular flexibility index (Phi) is 4.85. The molecule has 1 aliphatic carbocycles. The number of carbonyl (C=O) groups is 2. The van der Waals surface area contributed by atoms with Crippen LogP contribution in [0.15, 0.2) is 24.3 Å². The Balaban J connectivity index is 1.52. The van der Waals surface area contributed by atoms with E-state index in [0.29, 0.717) is 44.6 Å². The SMILES string of the molecule is O=C(CC1(O)CCCC1)N1CCN(C(=O)c2ccc(F)cc2)CC1. The van der Waals surface area contributed by atoms with Gasteiger partial charge in [0.25, 0.3) is 5.91 Å². The molecule has 1 aliphatic heterocycles. The van der Waals surface area contributed by atoms with E-state index < -0.39 is 5.60 Å². The Bertz CT molecular complexity index is 603. The van der Waals surface area contributed by atoms with Crippen molar-refractivity contribution in [2.24, 2.45) is 0 Å². The van der Waals surface area contributed by atoms with Gasteiger partial charge in [-0.25, -0.2) is 4.39 Å². The van der Waals surface area contributed by atoms with Gasteiger partial charge in [-0.3, -0.25) is 9.59 Å². The fourth-order valence-electron chi connectivity index (χ4n) is 3.54. The summed E-state index contributed by atoms with van der Waals surface area (Å²) in [4.78, 5) is 28.2. The molecule has 2 amide bonds. The molecule has 6 heteroatoms. The second-order valence-corrected chi connectivity index (χ2v) is 6.79. The molecule has 1 aromatic carbocycles. The van der Waals surface area contributed by atoms with Gasteiger partial charge in [-0.2, -0.15) is 0 Å². The molecule has 0 atom stereocenters. The van der Waals surface area contributed by atoms with Crippen molar-refractivity contribution in [1.82, 2.24) is 9.80 Å². The molecule has 1 saturated heterocycles. The van der Waals surface area contributed by atoms with Gasteiger partial charge < -0.3 is 14.9 Å². The Labute approximate surface area is 141 Å². The number of nitrogens with zero attached hydrogens (tertiary/aromatic N) is 2. The number of hydrogen-bond donors (Lipinski definition) is 1. The van der Waals surface area contributed by atoms with E-state index in [1.165, 1.54) is 24.3 Å². The van der Waals surface area contributed by atoms with E-state index in [4.69, 9.17) is 0 Å². The molecule has 24 heavy (non-hydrogen) atoms. The predicted molar refractivity (Wildman–Crippen MR) is 86.9 cm³/mol. The van der Waals surface area contributed by atoms with Gasteiger partial charge in [0.2, 0.25) is 5.91 Å². The number of carbonyl (C=O) groups excluding carboxylic acids is 2. The fourth-order valence-corrected chi connectivity index (χ4v) is 3.54. The first-order chi connectivity index (χ1) is 11.5. The zero-order valence-corrected chi connectivity index (χ0v) is 13.7. The van der Waals surface area contributed by atoms with Crippen LogP contribution in [0.3, 0.4) is 0 Å². The van der Waals surface area contributed by atoms with Crippen LogP contribution in [0.4, 0.5) is 4.39 Å². The van der Waals surface area contributed by atoms with Crippen LogP contribution in [0.2, 0.25) is 0 Å². The van der Waals surface area contributed by atoms with Crippen molar-refractivity contribution < 1.29 is 19.1 Å². The lowest BCUT2D eigenvalue weighted by Gasteiger charge is -2.36. The van der Waals surface area contributed by atoms with Crippen molar-refractivity contribution >= 4 is 11.8 Å². The summed E-state index contributed by atoms with van der Waals surface area (Å²) in [5.74, 6) is -0.545. The molecule has 1 heterocycles. The van der Waals surface area contributed by atoms with Crippen LogP contribution in [-0.2, 0) is 4.79 Å². The molecule has 1 aromatic rings. The number of piperazine rings is 1. The molecule has 0 aromatic heterocycles. The van der Waals surface area contributed by atoms with E-state index in [9.17, 15) is 19.1 Å². The van der Waals surface area contributed by atoms with Crippen molar-refractivity contribution in [2.45, 2.75) is 37.7 Å². The van der Waals surface area contributed by atoms with E-state index in [0.717, 1.165) is 12.8 Å². The second-order valence-electron chi connectivity index (χ2n) is 6.79. The molecular formula is C18H23FN2O3. The minimum atomic E-state index is -0.835. The molecule has 2 aliphatic rings. The molecule has 1 N–H and O–H groups in total. The van der Waals surface area contributed by atoms with Crippen molar-refractivity contribution in [1.29, 1.82) is 0 Å². The largest absolute Gasteiger partial charge is 0.389 e. The summed E-state index contributed by atoms with van der Waals surface area (Å²) in [7, 11) is 0. The van der Waals surface area contributed by atoms with Crippen molar-refractivity contribution in [3.05, 3.63) is 35.6 Å². The molecule has 130 valence electrons. The number of benzene rings is 1. The van der Waals surface area contributed by atoms with Crippen LogP contribution in [-0.4, -0.2) is 58.5 Å². The molecule has 3 rings (SSSR count). The number of aliphatic hydroxyl groups is 1. The Morgan fingerprint density at radius 1 is 1.00 bits per heavy atom. The highest BCUT2D eigenvalue weighted by Crippen LogP contribution is 2.32. The summed E-state index contributed by atoms with van der Waals surface area (Å²) in [6.45, 7) is 1.87. The minimum absolute atomic E-state index is 0.0340. The van der Waals surface area contributed by atoms with Gasteiger partial charge >= 0.3 is 0 Å². The zero-order valence-electron chi connectivity index (χ0n) is 13.7. The highest BCUT2D eigenvalue weighted by atomic mass is 19.1. The topological polar surface area (TPSA) is 60.9 Å². The normalized spacial score (nSPS) is 20.2. The number of amides is 2. The summed E-state index contributed by atoms with van der Waals surface area (Å²) in [5.41, 5.74) is -0.380. The molecule has 2 fully saturated rings. The first-order valence-corrected chi connectivity index (χ1v) is 8.52. The molecule has 0 bridgehead atoms. The smallest absolute Gasteiger partial charge is 0.253 e. The predicted octanol–water partition coefficient (Wildman–Crippen LogP) is 1.81. The standard InChI is InChI=1S/C18H23FN2O3/c19-15-5-3-14(4-6-15)17(23)21-11-9-20(10-12-21)16(22)13-18(24)7-1-2-8-18/h3-6,24H,1-2,7-13H2. The van der Waals surface area contributed by atoms with E-state index in [1.807, 2.05) is 0 Å². The van der Waals surface area contributed by atoms with Crippen LogP contribution in [0, 0.1) is 5.82 Å². The van der Waals surface area contributed by atoms with Crippen LogP contribution >= 0.6 is 0 Å². The maximum atomic E-state index is 12.9. The third-order valence-electron chi connectivity index (χ3n) is 5.03. The van der Waals surface area contributed by atoms with Crippen molar-refractivity contribution in [2.75, 3.05) is 26.2 Å². The average Bonchev–Trinajstić information content (AvgIpc) is 3.01. The number of rotatable bonds is 3. The molecule has 5 nitrogen and oxygen atoms in total. The van der Waals surface area contributed by atoms with Gasteiger partial charge in [0.05, 0.1) is 12.0 Å². The number of hydrogen-bond acceptors (Lipinski definition) is 3. The van der Waals surface area contributed by atoms with E-state index in [-0.39, 0.29) is 24.1 Å². The lowest BCUT2D eigenvalue weighted by molar-refractivity contribution is -0.137. The van der Waals surface area contributed by atoms with Gasteiger partial charge in [-0.05, 0) is 37.1 Å². The van der Waals surface area contributed by atoms with Crippen LogP contribution < -0.4 is 0 Å². The molecule has 0 radical (unpaired) electrons. The first-order valence-electron chi connectivity index (χ1n) is 8.52. The van der Waals surface area contributed by atoms with Crippen LogP contribution in [0.5, 0.6) is 0 Å². The lowest BCUT2D eigenvalue weighted by Crippen LogP contribution is -2.51. The summed E-state index contributed by atoms with van der Waals surface area (Å²) >= 11 is 0.